The van der Waals surface area contributed by atoms with Crippen LogP contribution in [0.15, 0.2) is 18.2 Å². The van der Waals surface area contributed by atoms with Crippen molar-refractivity contribution < 1.29 is 18.0 Å². The average molecular weight is 306 g/mol. The Morgan fingerprint density at radius 2 is 2.15 bits per heavy atom. The molecule has 0 radical (unpaired) electrons. The van der Waals surface area contributed by atoms with Gasteiger partial charge in [0.1, 0.15) is 0 Å². The number of hydrogen-bond donors (Lipinski definition) is 2. The molecule has 1 aromatic heterocycles. The molecule has 1 aromatic carbocycles. The molecule has 10 heteroatoms. The van der Waals surface area contributed by atoms with Crippen molar-refractivity contribution in [2.24, 2.45) is 0 Å². The molecule has 0 aliphatic heterocycles. The Bertz CT molecular complexity index is 614. The van der Waals surface area contributed by atoms with Gasteiger partial charge in [-0.3, -0.25) is 4.79 Å². The smallest absolute Gasteiger partial charge is 0.326 e. The minimum Gasteiger partial charge on any atom is -0.326 e. The lowest BCUT2D eigenvalue weighted by Gasteiger charge is -2.11. The van der Waals surface area contributed by atoms with E-state index < -0.39 is 22.7 Å². The van der Waals surface area contributed by atoms with Crippen LogP contribution in [0, 0.1) is 0 Å². The number of alkyl halides is 3. The zero-order valence-corrected chi connectivity index (χ0v) is 10.5. The van der Waals surface area contributed by atoms with Crippen molar-refractivity contribution in [3.63, 3.8) is 0 Å². The van der Waals surface area contributed by atoms with Crippen molar-refractivity contribution in [2.75, 3.05) is 5.32 Å². The Morgan fingerprint density at radius 1 is 1.40 bits per heavy atom. The number of rotatable bonds is 3. The predicted molar refractivity (Wildman–Crippen MR) is 63.0 cm³/mol. The highest BCUT2D eigenvalue weighted by Gasteiger charge is 2.33. The third-order valence-corrected chi connectivity index (χ3v) is 2.59. The van der Waals surface area contributed by atoms with Gasteiger partial charge >= 0.3 is 6.18 Å². The number of carbonyl (C=O) groups excluding carboxylic acids is 1. The molecule has 0 bridgehead atoms. The van der Waals surface area contributed by atoms with Crippen LogP contribution in [0.4, 0.5) is 18.9 Å². The fourth-order valence-electron chi connectivity index (χ4n) is 1.43. The Labute approximate surface area is 115 Å². The summed E-state index contributed by atoms with van der Waals surface area (Å²) in [4.78, 5) is 11.6. The summed E-state index contributed by atoms with van der Waals surface area (Å²) < 4.78 is 37.9. The number of nitrogens with zero attached hydrogens (tertiary/aromatic N) is 3. The van der Waals surface area contributed by atoms with E-state index in [1.54, 1.807) is 0 Å². The van der Waals surface area contributed by atoms with Crippen LogP contribution in [-0.4, -0.2) is 26.5 Å². The predicted octanol–water partition coefficient (Wildman–Crippen LogP) is 2.05. The van der Waals surface area contributed by atoms with Crippen molar-refractivity contribution in [1.29, 1.82) is 0 Å². The molecule has 6 nitrogen and oxygen atoms in total. The molecule has 0 saturated carbocycles. The van der Waals surface area contributed by atoms with Crippen LogP contribution in [0.5, 0.6) is 0 Å². The Kier molecular flexibility index (Phi) is 3.89. The van der Waals surface area contributed by atoms with Crippen LogP contribution in [0.3, 0.4) is 0 Å². The van der Waals surface area contributed by atoms with E-state index in [1.807, 2.05) is 0 Å². The van der Waals surface area contributed by atoms with Crippen LogP contribution in [0.25, 0.3) is 0 Å². The third kappa shape index (κ3) is 3.44. The number of anilines is 1. The average Bonchev–Trinajstić information content (AvgIpc) is 2.83. The lowest BCUT2D eigenvalue weighted by molar-refractivity contribution is -0.137. The quantitative estimate of drug-likeness (QED) is 0.909. The summed E-state index contributed by atoms with van der Waals surface area (Å²) in [6, 6.07) is 3.09. The van der Waals surface area contributed by atoms with Gasteiger partial charge in [0.05, 0.1) is 17.0 Å². The van der Waals surface area contributed by atoms with Gasteiger partial charge < -0.3 is 5.32 Å². The van der Waals surface area contributed by atoms with E-state index in [0.29, 0.717) is 0 Å². The maximum Gasteiger partial charge on any atom is 0.417 e. The van der Waals surface area contributed by atoms with Crippen LogP contribution in [0.1, 0.15) is 11.4 Å². The van der Waals surface area contributed by atoms with Crippen molar-refractivity contribution in [3.05, 3.63) is 34.6 Å². The summed E-state index contributed by atoms with van der Waals surface area (Å²) >= 11 is 5.47. The molecule has 0 aliphatic carbocycles. The summed E-state index contributed by atoms with van der Waals surface area (Å²) in [5.41, 5.74) is -1.04. The molecule has 1 amide bonds. The number of tetrazole rings is 1. The minimum atomic E-state index is -4.59. The molecule has 2 N–H and O–H groups in total. The van der Waals surface area contributed by atoms with Gasteiger partial charge in [-0.2, -0.15) is 18.4 Å². The number of aromatic nitrogens is 4. The van der Waals surface area contributed by atoms with Gasteiger partial charge in [-0.15, -0.1) is 10.2 Å². The molecular weight excluding hydrogens is 299 g/mol. The number of halogens is 4. The van der Waals surface area contributed by atoms with E-state index in [4.69, 9.17) is 11.6 Å². The molecule has 0 saturated heterocycles. The Morgan fingerprint density at radius 3 is 2.75 bits per heavy atom. The highest BCUT2D eigenvalue weighted by molar-refractivity contribution is 6.31. The molecule has 0 atom stereocenters. The highest BCUT2D eigenvalue weighted by atomic mass is 35.5. The van der Waals surface area contributed by atoms with E-state index in [-0.39, 0.29) is 17.9 Å². The fourth-order valence-corrected chi connectivity index (χ4v) is 1.65. The van der Waals surface area contributed by atoms with Gasteiger partial charge in [-0.05, 0) is 18.2 Å². The van der Waals surface area contributed by atoms with Gasteiger partial charge in [0.2, 0.25) is 5.91 Å². The molecule has 0 aliphatic rings. The number of nitrogens with one attached hydrogen (secondary N) is 2. The number of amides is 1. The maximum atomic E-state index is 12.6. The molecular formula is C10H7ClF3N5O. The summed E-state index contributed by atoms with van der Waals surface area (Å²) in [6.07, 6.45) is -4.80. The van der Waals surface area contributed by atoms with E-state index >= 15 is 0 Å². The molecule has 0 spiro atoms. The van der Waals surface area contributed by atoms with Crippen molar-refractivity contribution in [1.82, 2.24) is 20.6 Å². The summed E-state index contributed by atoms with van der Waals surface area (Å²) in [7, 11) is 0. The first kappa shape index (κ1) is 14.3. The van der Waals surface area contributed by atoms with Crippen molar-refractivity contribution >= 4 is 23.2 Å². The molecule has 2 aromatic rings. The van der Waals surface area contributed by atoms with E-state index in [0.717, 1.165) is 12.1 Å². The summed E-state index contributed by atoms with van der Waals surface area (Å²) in [6.45, 7) is 0. The van der Waals surface area contributed by atoms with Crippen molar-refractivity contribution in [2.45, 2.75) is 12.6 Å². The second kappa shape index (κ2) is 5.45. The topological polar surface area (TPSA) is 83.6 Å². The first-order chi connectivity index (χ1) is 9.36. The zero-order valence-electron chi connectivity index (χ0n) is 9.70. The fraction of sp³-hybridized carbons (Fsp3) is 0.200. The van der Waals surface area contributed by atoms with Gasteiger partial charge in [0, 0.05) is 5.69 Å². The monoisotopic (exact) mass is 305 g/mol. The van der Waals surface area contributed by atoms with Gasteiger partial charge in [-0.25, -0.2) is 0 Å². The van der Waals surface area contributed by atoms with Gasteiger partial charge in [0.25, 0.3) is 0 Å². The number of H-pyrrole nitrogens is 1. The van der Waals surface area contributed by atoms with Crippen LogP contribution >= 0.6 is 11.6 Å². The number of carbonyl (C=O) groups is 1. The minimum absolute atomic E-state index is 0.0183. The second-order valence-corrected chi connectivity index (χ2v) is 4.15. The molecule has 2 rings (SSSR count). The normalized spacial score (nSPS) is 11.4. The second-order valence-electron chi connectivity index (χ2n) is 3.75. The first-order valence-corrected chi connectivity index (χ1v) is 5.63. The number of hydrogen-bond acceptors (Lipinski definition) is 4. The van der Waals surface area contributed by atoms with Gasteiger partial charge in [0.15, 0.2) is 5.82 Å². The van der Waals surface area contributed by atoms with E-state index in [9.17, 15) is 18.0 Å². The Balaban J connectivity index is 2.12. The largest absolute Gasteiger partial charge is 0.417 e. The first-order valence-electron chi connectivity index (χ1n) is 5.25. The summed E-state index contributed by atoms with van der Waals surface area (Å²) in [5, 5.41) is 14.4. The molecule has 0 unspecified atom stereocenters. The lowest BCUT2D eigenvalue weighted by Crippen LogP contribution is -2.16. The highest BCUT2D eigenvalue weighted by Crippen LogP contribution is 2.36. The van der Waals surface area contributed by atoms with Crippen LogP contribution in [0.2, 0.25) is 5.02 Å². The molecule has 1 heterocycles. The molecule has 0 fully saturated rings. The number of aromatic amines is 1. The zero-order chi connectivity index (χ0) is 14.8. The molecule has 106 valence electrons. The SMILES string of the molecule is O=C(Cc1nn[nH]n1)Nc1ccc(Cl)c(C(F)(F)F)c1. The molecule has 20 heavy (non-hydrogen) atoms. The van der Waals surface area contributed by atoms with Crippen LogP contribution in [-0.2, 0) is 17.4 Å². The van der Waals surface area contributed by atoms with E-state index in [1.165, 1.54) is 6.07 Å². The van der Waals surface area contributed by atoms with Gasteiger partial charge in [-0.1, -0.05) is 16.8 Å². The number of benzene rings is 1. The summed E-state index contributed by atoms with van der Waals surface area (Å²) in [5.74, 6) is -0.436. The van der Waals surface area contributed by atoms with E-state index in [2.05, 4.69) is 25.9 Å². The van der Waals surface area contributed by atoms with Crippen LogP contribution < -0.4 is 5.32 Å². The maximum absolute atomic E-state index is 12.6. The standard InChI is InChI=1S/C10H7ClF3N5O/c11-7-2-1-5(3-6(7)10(12,13)14)15-9(20)4-8-16-18-19-17-8/h1-3H,4H2,(H,15,20)(H,16,17,18,19). The lowest BCUT2D eigenvalue weighted by atomic mass is 10.2. The Hall–Kier alpha value is -2.16. The third-order valence-electron chi connectivity index (χ3n) is 2.26. The van der Waals surface area contributed by atoms with Crippen molar-refractivity contribution in [3.8, 4) is 0 Å².